The number of hydrogen-bond donors (Lipinski definition) is 1. The molecule has 23 heavy (non-hydrogen) atoms. The highest BCUT2D eigenvalue weighted by atomic mass is 32.2. The Morgan fingerprint density at radius 2 is 1.91 bits per heavy atom. The van der Waals surface area contributed by atoms with Gasteiger partial charge in [-0.2, -0.15) is 0 Å². The van der Waals surface area contributed by atoms with E-state index in [1.54, 1.807) is 55.7 Å². The summed E-state index contributed by atoms with van der Waals surface area (Å²) in [4.78, 5) is 16.3. The average Bonchev–Trinajstić information content (AvgIpc) is 2.53. The van der Waals surface area contributed by atoms with Gasteiger partial charge < -0.3 is 5.32 Å². The molecule has 2 rings (SSSR count). The smallest absolute Gasteiger partial charge is 0.243 e. The molecule has 0 aliphatic heterocycles. The molecule has 0 bridgehead atoms. The van der Waals surface area contributed by atoms with Gasteiger partial charge in [0, 0.05) is 18.9 Å². The predicted molar refractivity (Wildman–Crippen MR) is 89.3 cm³/mol. The molecule has 2 aromatic rings. The van der Waals surface area contributed by atoms with Crippen LogP contribution in [0.5, 0.6) is 0 Å². The molecular formula is C16H19N3O3S. The number of aromatic nitrogens is 1. The van der Waals surface area contributed by atoms with Crippen molar-refractivity contribution in [2.45, 2.75) is 19.5 Å². The standard InChI is InChI=1S/C16H19N3O3S/c1-13(16(20)18-12-14-7-6-10-17-11-14)19(23(2,21)22)15-8-4-3-5-9-15/h3-11,13H,12H2,1-2H3,(H,18,20)/t13-/m0/s1. The zero-order chi connectivity index (χ0) is 16.9. The Kier molecular flexibility index (Phi) is 5.33. The monoisotopic (exact) mass is 333 g/mol. The molecule has 0 fully saturated rings. The zero-order valence-electron chi connectivity index (χ0n) is 13.0. The molecule has 6 nitrogen and oxygen atoms in total. The third kappa shape index (κ3) is 4.53. The zero-order valence-corrected chi connectivity index (χ0v) is 13.8. The van der Waals surface area contributed by atoms with E-state index in [0.717, 1.165) is 16.1 Å². The molecule has 7 heteroatoms. The number of rotatable bonds is 6. The van der Waals surface area contributed by atoms with Crippen molar-refractivity contribution < 1.29 is 13.2 Å². The topological polar surface area (TPSA) is 79.4 Å². The largest absolute Gasteiger partial charge is 0.350 e. The highest BCUT2D eigenvalue weighted by molar-refractivity contribution is 7.92. The molecule has 0 aliphatic carbocycles. The quantitative estimate of drug-likeness (QED) is 0.870. The van der Waals surface area contributed by atoms with Gasteiger partial charge in [0.2, 0.25) is 15.9 Å². The van der Waals surface area contributed by atoms with Gasteiger partial charge in [0.15, 0.2) is 0 Å². The number of carbonyl (C=O) groups excluding carboxylic acids is 1. The number of hydrogen-bond acceptors (Lipinski definition) is 4. The third-order valence-corrected chi connectivity index (χ3v) is 4.53. The summed E-state index contributed by atoms with van der Waals surface area (Å²) in [5.41, 5.74) is 1.30. The maximum atomic E-state index is 12.3. The van der Waals surface area contributed by atoms with Crippen LogP contribution in [0.3, 0.4) is 0 Å². The van der Waals surface area contributed by atoms with Gasteiger partial charge in [0.05, 0.1) is 11.9 Å². The number of amides is 1. The Morgan fingerprint density at radius 1 is 1.22 bits per heavy atom. The van der Waals surface area contributed by atoms with Crippen LogP contribution < -0.4 is 9.62 Å². The molecule has 0 aliphatic rings. The Bertz CT molecular complexity index is 749. The van der Waals surface area contributed by atoms with Crippen molar-refractivity contribution in [2.24, 2.45) is 0 Å². The fourth-order valence-electron chi connectivity index (χ4n) is 2.22. The van der Waals surface area contributed by atoms with Crippen molar-refractivity contribution in [1.29, 1.82) is 0 Å². The minimum atomic E-state index is -3.59. The fraction of sp³-hybridized carbons (Fsp3) is 0.250. The number of nitrogens with zero attached hydrogens (tertiary/aromatic N) is 2. The van der Waals surface area contributed by atoms with Gasteiger partial charge in [-0.15, -0.1) is 0 Å². The second-order valence-corrected chi connectivity index (χ2v) is 7.01. The molecule has 0 saturated heterocycles. The van der Waals surface area contributed by atoms with Crippen LogP contribution >= 0.6 is 0 Å². The van der Waals surface area contributed by atoms with Crippen molar-refractivity contribution in [3.8, 4) is 0 Å². The molecule has 0 unspecified atom stereocenters. The van der Waals surface area contributed by atoms with Crippen LogP contribution in [0.15, 0.2) is 54.9 Å². The van der Waals surface area contributed by atoms with E-state index < -0.39 is 16.1 Å². The maximum absolute atomic E-state index is 12.3. The molecule has 122 valence electrons. The lowest BCUT2D eigenvalue weighted by Gasteiger charge is -2.28. The first kappa shape index (κ1) is 17.0. The van der Waals surface area contributed by atoms with Crippen molar-refractivity contribution in [3.63, 3.8) is 0 Å². The van der Waals surface area contributed by atoms with E-state index in [0.29, 0.717) is 12.2 Å². The first-order chi connectivity index (χ1) is 10.9. The van der Waals surface area contributed by atoms with Gasteiger partial charge in [-0.05, 0) is 30.7 Å². The predicted octanol–water partition coefficient (Wildman–Crippen LogP) is 1.55. The molecule has 1 N–H and O–H groups in total. The van der Waals surface area contributed by atoms with E-state index in [-0.39, 0.29) is 5.91 Å². The van der Waals surface area contributed by atoms with Crippen molar-refractivity contribution in [2.75, 3.05) is 10.6 Å². The molecule has 0 saturated carbocycles. The highest BCUT2D eigenvalue weighted by Crippen LogP contribution is 2.20. The maximum Gasteiger partial charge on any atom is 0.243 e. The molecule has 0 radical (unpaired) electrons. The lowest BCUT2D eigenvalue weighted by molar-refractivity contribution is -0.122. The minimum absolute atomic E-state index is 0.295. The third-order valence-electron chi connectivity index (χ3n) is 3.29. The minimum Gasteiger partial charge on any atom is -0.350 e. The van der Waals surface area contributed by atoms with Crippen molar-refractivity contribution >= 4 is 21.6 Å². The Morgan fingerprint density at radius 3 is 2.48 bits per heavy atom. The van der Waals surface area contributed by atoms with E-state index >= 15 is 0 Å². The number of pyridine rings is 1. The SMILES string of the molecule is C[C@@H](C(=O)NCc1cccnc1)N(c1ccccc1)S(C)(=O)=O. The van der Waals surface area contributed by atoms with Gasteiger partial charge in [0.25, 0.3) is 0 Å². The van der Waals surface area contributed by atoms with E-state index in [4.69, 9.17) is 0 Å². The Balaban J connectivity index is 2.14. The van der Waals surface area contributed by atoms with Crippen molar-refractivity contribution in [1.82, 2.24) is 10.3 Å². The van der Waals surface area contributed by atoms with Crippen LogP contribution in [0, 0.1) is 0 Å². The summed E-state index contributed by atoms with van der Waals surface area (Å²) in [7, 11) is -3.59. The molecule has 1 heterocycles. The highest BCUT2D eigenvalue weighted by Gasteiger charge is 2.28. The molecular weight excluding hydrogens is 314 g/mol. The number of para-hydroxylation sites is 1. The fourth-order valence-corrected chi connectivity index (χ4v) is 3.40. The second kappa shape index (κ2) is 7.23. The molecule has 0 spiro atoms. The Labute approximate surface area is 136 Å². The van der Waals surface area contributed by atoms with E-state index in [9.17, 15) is 13.2 Å². The first-order valence-electron chi connectivity index (χ1n) is 7.10. The number of carbonyl (C=O) groups is 1. The lowest BCUT2D eigenvalue weighted by Crippen LogP contribution is -2.47. The van der Waals surface area contributed by atoms with Crippen LogP contribution in [0.25, 0.3) is 0 Å². The van der Waals surface area contributed by atoms with Gasteiger partial charge in [-0.25, -0.2) is 8.42 Å². The summed E-state index contributed by atoms with van der Waals surface area (Å²) in [6.45, 7) is 1.86. The molecule has 1 atom stereocenters. The summed E-state index contributed by atoms with van der Waals surface area (Å²) in [6, 6.07) is 11.3. The average molecular weight is 333 g/mol. The summed E-state index contributed by atoms with van der Waals surface area (Å²) in [6.07, 6.45) is 4.39. The summed E-state index contributed by atoms with van der Waals surface area (Å²) in [5.74, 6) is -0.372. The van der Waals surface area contributed by atoms with Crippen LogP contribution in [0.1, 0.15) is 12.5 Å². The first-order valence-corrected chi connectivity index (χ1v) is 8.95. The van der Waals surface area contributed by atoms with E-state index in [1.807, 2.05) is 6.07 Å². The summed E-state index contributed by atoms with van der Waals surface area (Å²) >= 11 is 0. The van der Waals surface area contributed by atoms with Gasteiger partial charge >= 0.3 is 0 Å². The van der Waals surface area contributed by atoms with Gasteiger partial charge in [-0.1, -0.05) is 24.3 Å². The summed E-state index contributed by atoms with van der Waals surface area (Å²) in [5, 5.41) is 2.74. The van der Waals surface area contributed by atoms with Gasteiger partial charge in [0.1, 0.15) is 6.04 Å². The van der Waals surface area contributed by atoms with Crippen LogP contribution in [0.2, 0.25) is 0 Å². The molecule has 1 aromatic heterocycles. The number of sulfonamides is 1. The normalized spacial score (nSPS) is 12.4. The lowest BCUT2D eigenvalue weighted by atomic mass is 10.2. The number of nitrogens with one attached hydrogen (secondary N) is 1. The summed E-state index contributed by atoms with van der Waals surface area (Å²) < 4.78 is 25.3. The van der Waals surface area contributed by atoms with Crippen molar-refractivity contribution in [3.05, 3.63) is 60.4 Å². The second-order valence-electron chi connectivity index (χ2n) is 5.15. The number of anilines is 1. The van der Waals surface area contributed by atoms with Crippen LogP contribution in [-0.2, 0) is 21.4 Å². The molecule has 1 aromatic carbocycles. The molecule has 1 amide bonds. The number of benzene rings is 1. The van der Waals surface area contributed by atoms with E-state index in [1.165, 1.54) is 0 Å². The van der Waals surface area contributed by atoms with E-state index in [2.05, 4.69) is 10.3 Å². The van der Waals surface area contributed by atoms with Gasteiger partial charge in [-0.3, -0.25) is 14.1 Å². The Hall–Kier alpha value is -2.41. The van der Waals surface area contributed by atoms with Crippen LogP contribution in [0.4, 0.5) is 5.69 Å². The van der Waals surface area contributed by atoms with Crippen LogP contribution in [-0.4, -0.2) is 31.6 Å².